The largest absolute Gasteiger partial charge is 0.486 e. The molecule has 0 fully saturated rings. The molecule has 1 N–H and O–H groups in total. The van der Waals surface area contributed by atoms with E-state index in [4.69, 9.17) is 9.47 Å². The molecule has 0 bridgehead atoms. The first-order valence-electron chi connectivity index (χ1n) is 9.29. The molecule has 11 heteroatoms. The fraction of sp³-hybridized carbons (Fsp3) is 0.350. The van der Waals surface area contributed by atoms with Gasteiger partial charge >= 0.3 is 6.18 Å². The van der Waals surface area contributed by atoms with Gasteiger partial charge in [0.25, 0.3) is 0 Å². The number of sulfonamides is 1. The quantitative estimate of drug-likeness (QED) is 0.719. The minimum Gasteiger partial charge on any atom is -0.486 e. The number of hydrogen-bond acceptors (Lipinski definition) is 5. The van der Waals surface area contributed by atoms with Crippen molar-refractivity contribution >= 4 is 21.6 Å². The van der Waals surface area contributed by atoms with Crippen LogP contribution in [0, 0.1) is 0 Å². The molecule has 3 rings (SSSR count). The lowest BCUT2D eigenvalue weighted by molar-refractivity contribution is -0.137. The van der Waals surface area contributed by atoms with Gasteiger partial charge in [0, 0.05) is 0 Å². The second-order valence-electron chi connectivity index (χ2n) is 7.01. The third kappa shape index (κ3) is 5.60. The molecule has 2 aromatic rings. The van der Waals surface area contributed by atoms with Crippen LogP contribution in [0.25, 0.3) is 0 Å². The monoisotopic (exact) mass is 458 g/mol. The van der Waals surface area contributed by atoms with E-state index in [9.17, 15) is 26.4 Å². The number of benzene rings is 2. The SMILES string of the molecule is CC(NC(=O)CN(c1ccc(C(F)(F)F)cc1)S(C)(=O)=O)c1ccc2c(c1)OCCO2. The number of fused-ring (bicyclic) bond motifs is 1. The van der Waals surface area contributed by atoms with E-state index in [2.05, 4.69) is 5.32 Å². The van der Waals surface area contributed by atoms with E-state index in [-0.39, 0.29) is 5.69 Å². The Bertz CT molecular complexity index is 1060. The molecular weight excluding hydrogens is 437 g/mol. The van der Waals surface area contributed by atoms with E-state index in [0.29, 0.717) is 24.7 Å². The van der Waals surface area contributed by atoms with Gasteiger partial charge in [-0.15, -0.1) is 0 Å². The highest BCUT2D eigenvalue weighted by atomic mass is 32.2. The fourth-order valence-electron chi connectivity index (χ4n) is 3.05. The fourth-order valence-corrected chi connectivity index (χ4v) is 3.90. The average molecular weight is 458 g/mol. The van der Waals surface area contributed by atoms with Gasteiger partial charge in [-0.3, -0.25) is 9.10 Å². The third-order valence-corrected chi connectivity index (χ3v) is 5.75. The molecule has 7 nitrogen and oxygen atoms in total. The summed E-state index contributed by atoms with van der Waals surface area (Å²) >= 11 is 0. The van der Waals surface area contributed by atoms with Gasteiger partial charge in [0.05, 0.1) is 23.5 Å². The Labute approximate surface area is 177 Å². The summed E-state index contributed by atoms with van der Waals surface area (Å²) in [6, 6.07) is 8.29. The highest BCUT2D eigenvalue weighted by Gasteiger charge is 2.31. The van der Waals surface area contributed by atoms with E-state index in [1.54, 1.807) is 25.1 Å². The molecule has 0 radical (unpaired) electrons. The molecule has 31 heavy (non-hydrogen) atoms. The first kappa shape index (κ1) is 22.7. The van der Waals surface area contributed by atoms with Gasteiger partial charge in [-0.05, 0) is 48.9 Å². The molecule has 1 amide bonds. The molecule has 1 atom stereocenters. The summed E-state index contributed by atoms with van der Waals surface area (Å²) in [5.74, 6) is 0.527. The Morgan fingerprint density at radius 2 is 1.71 bits per heavy atom. The van der Waals surface area contributed by atoms with Crippen LogP contribution >= 0.6 is 0 Å². The molecule has 1 heterocycles. The lowest BCUT2D eigenvalue weighted by Gasteiger charge is -2.24. The van der Waals surface area contributed by atoms with Crippen LogP contribution in [0.3, 0.4) is 0 Å². The van der Waals surface area contributed by atoms with E-state index >= 15 is 0 Å². The topological polar surface area (TPSA) is 84.9 Å². The van der Waals surface area contributed by atoms with Gasteiger partial charge in [0.2, 0.25) is 15.9 Å². The van der Waals surface area contributed by atoms with Crippen molar-refractivity contribution in [3.05, 3.63) is 53.6 Å². The van der Waals surface area contributed by atoms with Crippen molar-refractivity contribution in [3.63, 3.8) is 0 Å². The lowest BCUT2D eigenvalue weighted by Crippen LogP contribution is -2.41. The Morgan fingerprint density at radius 1 is 1.10 bits per heavy atom. The first-order chi connectivity index (χ1) is 14.4. The normalized spacial score (nSPS) is 14.6. The molecule has 2 aromatic carbocycles. The number of carbonyl (C=O) groups is 1. The van der Waals surface area contributed by atoms with Crippen molar-refractivity contribution in [1.29, 1.82) is 0 Å². The Hall–Kier alpha value is -2.95. The highest BCUT2D eigenvalue weighted by Crippen LogP contribution is 2.33. The van der Waals surface area contributed by atoms with Crippen molar-refractivity contribution in [2.45, 2.75) is 19.1 Å². The number of alkyl halides is 3. The van der Waals surface area contributed by atoms with Crippen molar-refractivity contribution in [3.8, 4) is 11.5 Å². The summed E-state index contributed by atoms with van der Waals surface area (Å²) in [5.41, 5.74) is -0.239. The number of rotatable bonds is 6. The average Bonchev–Trinajstić information content (AvgIpc) is 2.70. The van der Waals surface area contributed by atoms with Gasteiger partial charge in [-0.1, -0.05) is 6.07 Å². The van der Waals surface area contributed by atoms with Crippen LogP contribution in [0.1, 0.15) is 24.1 Å². The minimum atomic E-state index is -4.55. The van der Waals surface area contributed by atoms with Crippen molar-refractivity contribution < 1.29 is 35.9 Å². The number of ether oxygens (including phenoxy) is 2. The van der Waals surface area contributed by atoms with E-state index in [1.807, 2.05) is 0 Å². The van der Waals surface area contributed by atoms with E-state index < -0.39 is 40.3 Å². The lowest BCUT2D eigenvalue weighted by atomic mass is 10.1. The van der Waals surface area contributed by atoms with Crippen molar-refractivity contribution in [1.82, 2.24) is 5.32 Å². The summed E-state index contributed by atoms with van der Waals surface area (Å²) in [6.07, 6.45) is -3.67. The van der Waals surface area contributed by atoms with Crippen LogP contribution in [0.2, 0.25) is 0 Å². The predicted molar refractivity (Wildman–Crippen MR) is 108 cm³/mol. The van der Waals surface area contributed by atoms with E-state index in [1.165, 1.54) is 0 Å². The standard InChI is InChI=1S/C20H21F3N2O5S/c1-13(14-3-8-17-18(11-14)30-10-9-29-17)24-19(26)12-25(31(2,27)28)16-6-4-15(5-7-16)20(21,22)23/h3-8,11,13H,9-10,12H2,1-2H3,(H,24,26). The van der Waals surface area contributed by atoms with Crippen LogP contribution in [-0.2, 0) is 21.0 Å². The van der Waals surface area contributed by atoms with Crippen molar-refractivity contribution in [2.24, 2.45) is 0 Å². The number of halogens is 3. The van der Waals surface area contributed by atoms with Crippen molar-refractivity contribution in [2.75, 3.05) is 30.3 Å². The predicted octanol–water partition coefficient (Wildman–Crippen LogP) is 3.12. The van der Waals surface area contributed by atoms with Gasteiger partial charge in [-0.25, -0.2) is 8.42 Å². The number of anilines is 1. The molecule has 0 spiro atoms. The molecule has 0 saturated carbocycles. The Kier molecular flexibility index (Phi) is 6.35. The molecule has 1 unspecified atom stereocenters. The molecule has 0 saturated heterocycles. The summed E-state index contributed by atoms with van der Waals surface area (Å²) in [5, 5.41) is 2.69. The summed E-state index contributed by atoms with van der Waals surface area (Å²) in [6.45, 7) is 1.99. The summed E-state index contributed by atoms with van der Waals surface area (Å²) < 4.78 is 74.3. The number of hydrogen-bond donors (Lipinski definition) is 1. The first-order valence-corrected chi connectivity index (χ1v) is 11.1. The van der Waals surface area contributed by atoms with E-state index in [0.717, 1.165) is 40.4 Å². The number of nitrogens with zero attached hydrogens (tertiary/aromatic N) is 1. The Balaban J connectivity index is 1.72. The molecule has 1 aliphatic heterocycles. The molecule has 0 aromatic heterocycles. The summed E-state index contributed by atoms with van der Waals surface area (Å²) in [7, 11) is -3.92. The Morgan fingerprint density at radius 3 is 2.29 bits per heavy atom. The van der Waals surface area contributed by atoms with Crippen LogP contribution in [0.5, 0.6) is 11.5 Å². The van der Waals surface area contributed by atoms with Crippen LogP contribution in [0.15, 0.2) is 42.5 Å². The van der Waals surface area contributed by atoms with Gasteiger partial charge in [-0.2, -0.15) is 13.2 Å². The maximum Gasteiger partial charge on any atom is 0.416 e. The number of amides is 1. The highest BCUT2D eigenvalue weighted by molar-refractivity contribution is 7.92. The number of nitrogens with one attached hydrogen (secondary N) is 1. The minimum absolute atomic E-state index is 0.0439. The van der Waals surface area contributed by atoms with Gasteiger partial charge in [0.15, 0.2) is 11.5 Å². The summed E-state index contributed by atoms with van der Waals surface area (Å²) in [4.78, 5) is 12.5. The van der Waals surface area contributed by atoms with Gasteiger partial charge < -0.3 is 14.8 Å². The molecule has 1 aliphatic rings. The second-order valence-corrected chi connectivity index (χ2v) is 8.91. The maximum absolute atomic E-state index is 12.8. The molecular formula is C20H21F3N2O5S. The van der Waals surface area contributed by atoms with Crippen LogP contribution in [0.4, 0.5) is 18.9 Å². The molecule has 168 valence electrons. The van der Waals surface area contributed by atoms with Crippen LogP contribution in [-0.4, -0.2) is 40.3 Å². The molecule has 0 aliphatic carbocycles. The zero-order valence-electron chi connectivity index (χ0n) is 16.8. The second kappa shape index (κ2) is 8.66. The van der Waals surface area contributed by atoms with Crippen LogP contribution < -0.4 is 19.1 Å². The maximum atomic E-state index is 12.8. The zero-order valence-corrected chi connectivity index (χ0v) is 17.6. The third-order valence-electron chi connectivity index (χ3n) is 4.61. The number of carbonyl (C=O) groups excluding carboxylic acids is 1. The van der Waals surface area contributed by atoms with Gasteiger partial charge in [0.1, 0.15) is 19.8 Å². The smallest absolute Gasteiger partial charge is 0.416 e. The zero-order chi connectivity index (χ0) is 22.8.